The Balaban J connectivity index is 2.98. The fourth-order valence-electron chi connectivity index (χ4n) is 2.06. The van der Waals surface area contributed by atoms with Crippen LogP contribution in [0, 0.1) is 11.8 Å². The number of carbonyl (C=O) groups is 1. The summed E-state index contributed by atoms with van der Waals surface area (Å²) in [6, 6.07) is 7.17. The molecule has 19 heavy (non-hydrogen) atoms. The van der Waals surface area contributed by atoms with Crippen molar-refractivity contribution in [2.24, 2.45) is 11.8 Å². The number of carbonyl (C=O) groups excluding carboxylic acids is 1. The molecule has 0 amide bonds. The molecule has 1 aromatic carbocycles. The molecule has 1 N–H and O–H groups in total. The number of benzene rings is 1. The second-order valence-corrected chi connectivity index (χ2v) is 4.74. The molecule has 0 aromatic heterocycles. The average Bonchev–Trinajstić information content (AvgIpc) is 2.39. The maximum atomic E-state index is 11.8. The standard InChI is InChI=1S/C15H22O4/c1-5-19-12-8-6-7-11(9-12)14(16)13(10(2)3)15(17)18-4/h6-10,13-14,16H,5H2,1-4H3. The number of hydrogen-bond acceptors (Lipinski definition) is 4. The van der Waals surface area contributed by atoms with Crippen molar-refractivity contribution in [1.29, 1.82) is 0 Å². The van der Waals surface area contributed by atoms with Crippen LogP contribution in [0.2, 0.25) is 0 Å². The second kappa shape index (κ2) is 7.14. The maximum Gasteiger partial charge on any atom is 0.311 e. The minimum atomic E-state index is -0.896. The van der Waals surface area contributed by atoms with E-state index in [1.807, 2.05) is 26.8 Å². The van der Waals surface area contributed by atoms with Crippen LogP contribution < -0.4 is 4.74 Å². The lowest BCUT2D eigenvalue weighted by molar-refractivity contribution is -0.152. The van der Waals surface area contributed by atoms with Crippen LogP contribution in [0.4, 0.5) is 0 Å². The van der Waals surface area contributed by atoms with E-state index >= 15 is 0 Å². The van der Waals surface area contributed by atoms with Crippen LogP contribution in [0.25, 0.3) is 0 Å². The normalized spacial score (nSPS) is 14.0. The zero-order valence-electron chi connectivity index (χ0n) is 11.9. The van der Waals surface area contributed by atoms with Crippen LogP contribution in [0.1, 0.15) is 32.4 Å². The fraction of sp³-hybridized carbons (Fsp3) is 0.533. The largest absolute Gasteiger partial charge is 0.494 e. The van der Waals surface area contributed by atoms with Gasteiger partial charge in [0, 0.05) is 0 Å². The van der Waals surface area contributed by atoms with Crippen LogP contribution in [0.15, 0.2) is 24.3 Å². The predicted molar refractivity (Wildman–Crippen MR) is 72.9 cm³/mol. The van der Waals surface area contributed by atoms with Gasteiger partial charge in [-0.3, -0.25) is 4.79 Å². The smallest absolute Gasteiger partial charge is 0.311 e. The molecule has 0 aliphatic carbocycles. The van der Waals surface area contributed by atoms with E-state index in [2.05, 4.69) is 0 Å². The number of hydrogen-bond donors (Lipinski definition) is 1. The van der Waals surface area contributed by atoms with Gasteiger partial charge >= 0.3 is 5.97 Å². The van der Waals surface area contributed by atoms with E-state index in [-0.39, 0.29) is 5.92 Å². The first kappa shape index (κ1) is 15.5. The molecule has 2 unspecified atom stereocenters. The number of aliphatic hydroxyl groups excluding tert-OH is 1. The lowest BCUT2D eigenvalue weighted by Gasteiger charge is -2.24. The molecule has 0 bridgehead atoms. The molecule has 2 atom stereocenters. The number of rotatable bonds is 6. The Kier molecular flexibility index (Phi) is 5.83. The van der Waals surface area contributed by atoms with Gasteiger partial charge in [0.25, 0.3) is 0 Å². The lowest BCUT2D eigenvalue weighted by atomic mass is 9.86. The Morgan fingerprint density at radius 3 is 2.58 bits per heavy atom. The van der Waals surface area contributed by atoms with Crippen LogP contribution in [0.3, 0.4) is 0 Å². The number of aliphatic hydroxyl groups is 1. The molecule has 1 aromatic rings. The molecule has 0 saturated heterocycles. The summed E-state index contributed by atoms with van der Waals surface area (Å²) in [6.07, 6.45) is -0.896. The highest BCUT2D eigenvalue weighted by atomic mass is 16.5. The first-order valence-corrected chi connectivity index (χ1v) is 6.49. The van der Waals surface area contributed by atoms with Crippen LogP contribution in [-0.4, -0.2) is 24.8 Å². The third-order valence-electron chi connectivity index (χ3n) is 3.04. The first-order valence-electron chi connectivity index (χ1n) is 6.49. The topological polar surface area (TPSA) is 55.8 Å². The summed E-state index contributed by atoms with van der Waals surface area (Å²) in [5.74, 6) is -0.309. The minimum Gasteiger partial charge on any atom is -0.494 e. The Morgan fingerprint density at radius 1 is 1.37 bits per heavy atom. The van der Waals surface area contributed by atoms with Gasteiger partial charge in [0.05, 0.1) is 25.7 Å². The van der Waals surface area contributed by atoms with Gasteiger partial charge in [0.2, 0.25) is 0 Å². The van der Waals surface area contributed by atoms with Gasteiger partial charge in [-0.05, 0) is 30.5 Å². The average molecular weight is 266 g/mol. The Labute approximate surface area is 114 Å². The molecule has 4 heteroatoms. The Morgan fingerprint density at radius 2 is 2.05 bits per heavy atom. The van der Waals surface area contributed by atoms with Gasteiger partial charge in [-0.25, -0.2) is 0 Å². The zero-order chi connectivity index (χ0) is 14.4. The van der Waals surface area contributed by atoms with Gasteiger partial charge in [0.1, 0.15) is 5.75 Å². The Hall–Kier alpha value is -1.55. The lowest BCUT2D eigenvalue weighted by Crippen LogP contribution is -2.28. The minimum absolute atomic E-state index is 0.0156. The van der Waals surface area contributed by atoms with Crippen molar-refractivity contribution in [2.45, 2.75) is 26.9 Å². The molecule has 0 spiro atoms. The highest BCUT2D eigenvalue weighted by Crippen LogP contribution is 2.30. The van der Waals surface area contributed by atoms with Crippen molar-refractivity contribution in [3.05, 3.63) is 29.8 Å². The summed E-state index contributed by atoms with van der Waals surface area (Å²) in [5.41, 5.74) is 0.662. The monoisotopic (exact) mass is 266 g/mol. The van der Waals surface area contributed by atoms with Gasteiger partial charge < -0.3 is 14.6 Å². The molecule has 0 aliphatic rings. The fourth-order valence-corrected chi connectivity index (χ4v) is 2.06. The van der Waals surface area contributed by atoms with E-state index < -0.39 is 18.0 Å². The third-order valence-corrected chi connectivity index (χ3v) is 3.04. The molecule has 0 heterocycles. The second-order valence-electron chi connectivity index (χ2n) is 4.74. The molecule has 4 nitrogen and oxygen atoms in total. The molecule has 1 rings (SSSR count). The molecule has 0 radical (unpaired) electrons. The molecule has 0 saturated carbocycles. The van der Waals surface area contributed by atoms with E-state index in [1.165, 1.54) is 7.11 Å². The van der Waals surface area contributed by atoms with Crippen LogP contribution in [0.5, 0.6) is 5.75 Å². The summed E-state index contributed by atoms with van der Waals surface area (Å²) in [4.78, 5) is 11.8. The van der Waals surface area contributed by atoms with E-state index in [1.54, 1.807) is 18.2 Å². The molecule has 0 aliphatic heterocycles. The van der Waals surface area contributed by atoms with Crippen molar-refractivity contribution in [2.75, 3.05) is 13.7 Å². The third kappa shape index (κ3) is 3.96. The van der Waals surface area contributed by atoms with Crippen LogP contribution >= 0.6 is 0 Å². The summed E-state index contributed by atoms with van der Waals surface area (Å²) in [6.45, 7) is 6.23. The number of ether oxygens (including phenoxy) is 2. The summed E-state index contributed by atoms with van der Waals surface area (Å²) < 4.78 is 10.2. The zero-order valence-corrected chi connectivity index (χ0v) is 11.9. The molecular weight excluding hydrogens is 244 g/mol. The number of esters is 1. The van der Waals surface area contributed by atoms with Crippen LogP contribution in [-0.2, 0) is 9.53 Å². The van der Waals surface area contributed by atoms with Gasteiger partial charge in [0.15, 0.2) is 0 Å². The van der Waals surface area contributed by atoms with Gasteiger partial charge in [-0.1, -0.05) is 26.0 Å². The molecule has 0 fully saturated rings. The van der Waals surface area contributed by atoms with E-state index in [0.29, 0.717) is 17.9 Å². The van der Waals surface area contributed by atoms with E-state index in [0.717, 1.165) is 0 Å². The highest BCUT2D eigenvalue weighted by molar-refractivity contribution is 5.73. The van der Waals surface area contributed by atoms with Crippen molar-refractivity contribution in [3.8, 4) is 5.75 Å². The quantitative estimate of drug-likeness (QED) is 0.804. The van der Waals surface area contributed by atoms with Crippen molar-refractivity contribution < 1.29 is 19.4 Å². The predicted octanol–water partition coefficient (Wildman–Crippen LogP) is 2.56. The van der Waals surface area contributed by atoms with Gasteiger partial charge in [-0.2, -0.15) is 0 Å². The van der Waals surface area contributed by atoms with E-state index in [9.17, 15) is 9.90 Å². The summed E-state index contributed by atoms with van der Waals surface area (Å²) >= 11 is 0. The van der Waals surface area contributed by atoms with Crippen molar-refractivity contribution in [3.63, 3.8) is 0 Å². The first-order chi connectivity index (χ1) is 9.01. The molecular formula is C15H22O4. The van der Waals surface area contributed by atoms with Crippen molar-refractivity contribution >= 4 is 5.97 Å². The van der Waals surface area contributed by atoms with Gasteiger partial charge in [-0.15, -0.1) is 0 Å². The summed E-state index contributed by atoms with van der Waals surface area (Å²) in [7, 11) is 1.33. The molecule has 106 valence electrons. The Bertz CT molecular complexity index is 414. The SMILES string of the molecule is CCOc1cccc(C(O)C(C(=O)OC)C(C)C)c1. The van der Waals surface area contributed by atoms with E-state index in [4.69, 9.17) is 9.47 Å². The number of methoxy groups -OCH3 is 1. The summed E-state index contributed by atoms with van der Waals surface area (Å²) in [5, 5.41) is 10.4. The maximum absolute atomic E-state index is 11.8. The highest BCUT2D eigenvalue weighted by Gasteiger charge is 2.31. The van der Waals surface area contributed by atoms with Crippen molar-refractivity contribution in [1.82, 2.24) is 0 Å².